The molecule has 1 aromatic rings. The van der Waals surface area contributed by atoms with Crippen LogP contribution in [-0.4, -0.2) is 38.0 Å². The molecule has 0 aromatic heterocycles. The molecule has 21 heavy (non-hydrogen) atoms. The molecule has 1 atom stereocenters. The number of hydrogen-bond acceptors (Lipinski definition) is 5. The number of rotatable bonds is 5. The molecule has 8 heteroatoms. The first-order valence-corrected chi connectivity index (χ1v) is 9.26. The number of nitrogens with one attached hydrogen (secondary N) is 3. The molecule has 116 valence electrons. The van der Waals surface area contributed by atoms with E-state index in [1.165, 1.54) is 12.1 Å². The maximum absolute atomic E-state index is 12.0. The van der Waals surface area contributed by atoms with Gasteiger partial charge in [-0.1, -0.05) is 0 Å². The van der Waals surface area contributed by atoms with E-state index in [9.17, 15) is 13.2 Å². The number of benzene rings is 1. The van der Waals surface area contributed by atoms with E-state index in [0.29, 0.717) is 5.69 Å². The molecule has 1 fully saturated rings. The predicted molar refractivity (Wildman–Crippen MR) is 84.8 cm³/mol. The zero-order valence-electron chi connectivity index (χ0n) is 11.9. The molecule has 1 saturated heterocycles. The van der Waals surface area contributed by atoms with Gasteiger partial charge in [0.05, 0.1) is 10.9 Å². The highest BCUT2D eigenvalue weighted by Crippen LogP contribution is 2.16. The molecule has 0 bridgehead atoms. The fourth-order valence-corrected chi connectivity index (χ4v) is 4.08. The largest absolute Gasteiger partial charge is 0.325 e. The van der Waals surface area contributed by atoms with Crippen molar-refractivity contribution < 1.29 is 13.2 Å². The molecular weight excluding hydrogens is 310 g/mol. The number of carbonyl (C=O) groups is 1. The Bertz CT molecular complexity index is 594. The van der Waals surface area contributed by atoms with Crippen molar-refractivity contribution >= 4 is 33.4 Å². The monoisotopic (exact) mass is 329 g/mol. The number of amides is 1. The van der Waals surface area contributed by atoms with Gasteiger partial charge in [-0.15, -0.1) is 11.8 Å². The number of hydrogen-bond donors (Lipinski definition) is 3. The standard InChI is InChI=1S/C13H19N3O3S2/c1-9(2)16-21(18,19)11-5-3-10(4-6-11)15-13(17)12-7-20-8-14-12/h3-6,9,12,14,16H,7-8H2,1-2H3,(H,15,17). The summed E-state index contributed by atoms with van der Waals surface area (Å²) >= 11 is 1.67. The Balaban J connectivity index is 2.03. The summed E-state index contributed by atoms with van der Waals surface area (Å²) in [6.45, 7) is 3.53. The number of sulfonamides is 1. The zero-order valence-corrected chi connectivity index (χ0v) is 13.6. The maximum Gasteiger partial charge on any atom is 0.242 e. The van der Waals surface area contributed by atoms with E-state index < -0.39 is 10.0 Å². The molecule has 3 N–H and O–H groups in total. The smallest absolute Gasteiger partial charge is 0.242 e. The van der Waals surface area contributed by atoms with Crippen LogP contribution in [0.25, 0.3) is 0 Å². The minimum Gasteiger partial charge on any atom is -0.325 e. The highest BCUT2D eigenvalue weighted by Gasteiger charge is 2.22. The van der Waals surface area contributed by atoms with Gasteiger partial charge in [0.15, 0.2) is 0 Å². The highest BCUT2D eigenvalue weighted by molar-refractivity contribution is 7.99. The Morgan fingerprint density at radius 1 is 1.33 bits per heavy atom. The molecule has 1 amide bonds. The van der Waals surface area contributed by atoms with Gasteiger partial charge in [0.2, 0.25) is 15.9 Å². The quantitative estimate of drug-likeness (QED) is 0.749. The summed E-state index contributed by atoms with van der Waals surface area (Å²) in [4.78, 5) is 12.1. The Kier molecular flexibility index (Phi) is 5.26. The summed E-state index contributed by atoms with van der Waals surface area (Å²) in [7, 11) is -3.50. The summed E-state index contributed by atoms with van der Waals surface area (Å²) in [6, 6.07) is 5.79. The lowest BCUT2D eigenvalue weighted by atomic mass is 10.2. The van der Waals surface area contributed by atoms with Crippen LogP contribution >= 0.6 is 11.8 Å². The van der Waals surface area contributed by atoms with E-state index in [2.05, 4.69) is 15.4 Å². The van der Waals surface area contributed by atoms with Crippen molar-refractivity contribution in [1.29, 1.82) is 0 Å². The predicted octanol–water partition coefficient (Wildman–Crippen LogP) is 0.974. The fourth-order valence-electron chi connectivity index (χ4n) is 1.89. The van der Waals surface area contributed by atoms with Crippen LogP contribution in [0.3, 0.4) is 0 Å². The molecule has 2 rings (SSSR count). The lowest BCUT2D eigenvalue weighted by molar-refractivity contribution is -0.117. The second-order valence-corrected chi connectivity index (χ2v) is 7.81. The van der Waals surface area contributed by atoms with Crippen molar-refractivity contribution in [2.24, 2.45) is 0 Å². The van der Waals surface area contributed by atoms with Crippen molar-refractivity contribution in [3.63, 3.8) is 0 Å². The van der Waals surface area contributed by atoms with Crippen molar-refractivity contribution in [3.05, 3.63) is 24.3 Å². The van der Waals surface area contributed by atoms with Crippen molar-refractivity contribution in [2.75, 3.05) is 16.9 Å². The third-order valence-corrected chi connectivity index (χ3v) is 5.47. The van der Waals surface area contributed by atoms with Gasteiger partial charge in [0.25, 0.3) is 0 Å². The lowest BCUT2D eigenvalue weighted by Gasteiger charge is -2.12. The molecule has 1 aliphatic heterocycles. The van der Waals surface area contributed by atoms with Gasteiger partial charge in [-0.05, 0) is 38.1 Å². The normalized spacial score (nSPS) is 18.9. The topological polar surface area (TPSA) is 87.3 Å². The molecule has 1 aromatic carbocycles. The highest BCUT2D eigenvalue weighted by atomic mass is 32.2. The second kappa shape index (κ2) is 6.78. The van der Waals surface area contributed by atoms with E-state index in [-0.39, 0.29) is 22.9 Å². The fraction of sp³-hybridized carbons (Fsp3) is 0.462. The number of anilines is 1. The molecule has 0 saturated carbocycles. The first kappa shape index (κ1) is 16.3. The average Bonchev–Trinajstić information content (AvgIpc) is 2.91. The molecule has 0 radical (unpaired) electrons. The van der Waals surface area contributed by atoms with Gasteiger partial charge in [0.1, 0.15) is 0 Å². The summed E-state index contributed by atoms with van der Waals surface area (Å²) in [5.74, 6) is 1.42. The van der Waals surface area contributed by atoms with Crippen molar-refractivity contribution in [2.45, 2.75) is 30.8 Å². The molecule has 1 heterocycles. The first-order valence-electron chi connectivity index (χ1n) is 6.63. The first-order chi connectivity index (χ1) is 9.88. The third kappa shape index (κ3) is 4.44. The van der Waals surface area contributed by atoms with Gasteiger partial charge < -0.3 is 5.32 Å². The van der Waals surface area contributed by atoms with Crippen LogP contribution in [0, 0.1) is 0 Å². The minimum absolute atomic E-state index is 0.101. The summed E-state index contributed by atoms with van der Waals surface area (Å²) in [5.41, 5.74) is 0.585. The number of carbonyl (C=O) groups excluding carboxylic acids is 1. The SMILES string of the molecule is CC(C)NS(=O)(=O)c1ccc(NC(=O)C2CSCN2)cc1. The van der Waals surface area contributed by atoms with Crippen molar-refractivity contribution in [3.8, 4) is 0 Å². The van der Waals surface area contributed by atoms with Crippen molar-refractivity contribution in [1.82, 2.24) is 10.0 Å². The summed E-state index contributed by atoms with van der Waals surface area (Å²) < 4.78 is 26.5. The molecule has 1 aliphatic rings. The Labute approximate surface area is 129 Å². The maximum atomic E-state index is 12.0. The lowest BCUT2D eigenvalue weighted by Crippen LogP contribution is -2.37. The Hall–Kier alpha value is -1.09. The third-order valence-electron chi connectivity index (χ3n) is 2.86. The van der Waals surface area contributed by atoms with Crippen LogP contribution in [0.15, 0.2) is 29.2 Å². The second-order valence-electron chi connectivity index (χ2n) is 5.06. The minimum atomic E-state index is -3.50. The van der Waals surface area contributed by atoms with Gasteiger partial charge in [-0.2, -0.15) is 0 Å². The van der Waals surface area contributed by atoms with Crippen LogP contribution in [0.2, 0.25) is 0 Å². The molecule has 6 nitrogen and oxygen atoms in total. The van der Waals surface area contributed by atoms with Crippen LogP contribution in [-0.2, 0) is 14.8 Å². The van der Waals surface area contributed by atoms with Gasteiger partial charge in [-0.25, -0.2) is 13.1 Å². The molecule has 0 aliphatic carbocycles. The summed E-state index contributed by atoms with van der Waals surface area (Å²) in [6.07, 6.45) is 0. The molecule has 0 spiro atoms. The van der Waals surface area contributed by atoms with Gasteiger partial charge in [0, 0.05) is 23.4 Å². The summed E-state index contributed by atoms with van der Waals surface area (Å²) in [5, 5.41) is 5.85. The Morgan fingerprint density at radius 2 is 2.00 bits per heavy atom. The van der Waals surface area contributed by atoms with Gasteiger partial charge >= 0.3 is 0 Å². The average molecular weight is 329 g/mol. The van der Waals surface area contributed by atoms with Crippen LogP contribution in [0.5, 0.6) is 0 Å². The van der Waals surface area contributed by atoms with E-state index in [1.54, 1.807) is 37.7 Å². The van der Waals surface area contributed by atoms with E-state index in [1.807, 2.05) is 0 Å². The van der Waals surface area contributed by atoms with E-state index in [4.69, 9.17) is 0 Å². The zero-order chi connectivity index (χ0) is 15.5. The van der Waals surface area contributed by atoms with E-state index in [0.717, 1.165) is 11.6 Å². The van der Waals surface area contributed by atoms with E-state index >= 15 is 0 Å². The van der Waals surface area contributed by atoms with Crippen LogP contribution in [0.1, 0.15) is 13.8 Å². The Morgan fingerprint density at radius 3 is 2.52 bits per heavy atom. The van der Waals surface area contributed by atoms with Gasteiger partial charge in [-0.3, -0.25) is 10.1 Å². The number of thioether (sulfide) groups is 1. The van der Waals surface area contributed by atoms with Crippen LogP contribution < -0.4 is 15.4 Å². The molecule has 1 unspecified atom stereocenters. The molecular formula is C13H19N3O3S2. The van der Waals surface area contributed by atoms with Crippen LogP contribution in [0.4, 0.5) is 5.69 Å².